The zero-order valence-electron chi connectivity index (χ0n) is 7.77. The van der Waals surface area contributed by atoms with E-state index in [2.05, 4.69) is 0 Å². The summed E-state index contributed by atoms with van der Waals surface area (Å²) in [6.07, 6.45) is -0.663. The Morgan fingerprint density at radius 3 is 2.33 bits per heavy atom. The number of benzene rings is 1. The van der Waals surface area contributed by atoms with Crippen molar-refractivity contribution < 1.29 is 19.5 Å². The van der Waals surface area contributed by atoms with Gasteiger partial charge in [-0.25, -0.2) is 4.79 Å². The molecular formula is C10H9NO4. The van der Waals surface area contributed by atoms with Crippen LogP contribution in [0, 0.1) is 0 Å². The molecule has 3 N–H and O–H groups in total. The summed E-state index contributed by atoms with van der Waals surface area (Å²) >= 11 is 0. The van der Waals surface area contributed by atoms with E-state index in [9.17, 15) is 14.4 Å². The first-order chi connectivity index (χ1) is 7.02. The molecule has 78 valence electrons. The van der Waals surface area contributed by atoms with Crippen LogP contribution < -0.4 is 5.73 Å². The molecule has 0 atom stereocenters. The first-order valence-corrected chi connectivity index (χ1v) is 4.16. The fourth-order valence-electron chi connectivity index (χ4n) is 1.07. The Morgan fingerprint density at radius 1 is 1.20 bits per heavy atom. The Morgan fingerprint density at radius 2 is 1.80 bits per heavy atom. The van der Waals surface area contributed by atoms with Crippen LogP contribution in [-0.2, 0) is 9.59 Å². The molecule has 0 fully saturated rings. The predicted molar refractivity (Wildman–Crippen MR) is 52.4 cm³/mol. The van der Waals surface area contributed by atoms with Crippen molar-refractivity contribution in [1.29, 1.82) is 0 Å². The minimum absolute atomic E-state index is 0.173. The van der Waals surface area contributed by atoms with E-state index in [1.54, 1.807) is 12.1 Å². The number of nitrogen functional groups attached to an aromatic ring is 1. The number of hydrogen-bond donors (Lipinski definition) is 2. The highest BCUT2D eigenvalue weighted by molar-refractivity contribution is 6.37. The normalized spacial score (nSPS) is 9.60. The second-order valence-corrected chi connectivity index (χ2v) is 2.92. The number of hydrogen-bond acceptors (Lipinski definition) is 4. The molecule has 0 aromatic heterocycles. The van der Waals surface area contributed by atoms with Crippen LogP contribution in [0.5, 0.6) is 0 Å². The topological polar surface area (TPSA) is 97.5 Å². The van der Waals surface area contributed by atoms with E-state index in [0.29, 0.717) is 0 Å². The second-order valence-electron chi connectivity index (χ2n) is 2.92. The average molecular weight is 207 g/mol. The fourth-order valence-corrected chi connectivity index (χ4v) is 1.07. The molecule has 0 spiro atoms. The van der Waals surface area contributed by atoms with Gasteiger partial charge in [0.25, 0.3) is 0 Å². The van der Waals surface area contributed by atoms with Gasteiger partial charge in [0, 0.05) is 11.3 Å². The third-order valence-corrected chi connectivity index (χ3v) is 1.82. The summed E-state index contributed by atoms with van der Waals surface area (Å²) < 4.78 is 0. The van der Waals surface area contributed by atoms with Crippen LogP contribution in [0.3, 0.4) is 0 Å². The summed E-state index contributed by atoms with van der Waals surface area (Å²) in [7, 11) is 0. The summed E-state index contributed by atoms with van der Waals surface area (Å²) in [5.74, 6) is -3.33. The molecule has 0 saturated carbocycles. The van der Waals surface area contributed by atoms with Gasteiger partial charge in [-0.05, 0) is 12.1 Å². The van der Waals surface area contributed by atoms with Gasteiger partial charge in [-0.3, -0.25) is 9.59 Å². The zero-order valence-corrected chi connectivity index (χ0v) is 7.77. The average Bonchev–Trinajstić information content (AvgIpc) is 2.18. The molecule has 5 heteroatoms. The van der Waals surface area contributed by atoms with Crippen molar-refractivity contribution >= 4 is 23.2 Å². The Bertz CT molecular complexity index is 425. The summed E-state index contributed by atoms with van der Waals surface area (Å²) in [5.41, 5.74) is 5.90. The molecule has 1 aromatic rings. The number of carbonyl (C=O) groups is 3. The number of carboxylic acids is 1. The summed E-state index contributed by atoms with van der Waals surface area (Å²) in [5, 5.41) is 8.31. The largest absolute Gasteiger partial charge is 0.475 e. The van der Waals surface area contributed by atoms with Crippen LogP contribution in [0.2, 0.25) is 0 Å². The van der Waals surface area contributed by atoms with Gasteiger partial charge in [-0.15, -0.1) is 0 Å². The highest BCUT2D eigenvalue weighted by Crippen LogP contribution is 2.12. The maximum absolute atomic E-state index is 11.4. The standard InChI is InChI=1S/C10H9NO4/c11-7-4-2-1-3-6(7)8(12)5-9(13)10(14)15/h1-4H,5,11H2,(H,14,15). The number of para-hydroxylation sites is 1. The van der Waals surface area contributed by atoms with Gasteiger partial charge in [0.05, 0.1) is 6.42 Å². The van der Waals surface area contributed by atoms with Gasteiger partial charge in [0.15, 0.2) is 5.78 Å². The number of rotatable bonds is 4. The first kappa shape index (κ1) is 10.9. The molecule has 5 nitrogen and oxygen atoms in total. The lowest BCUT2D eigenvalue weighted by atomic mass is 10.0. The van der Waals surface area contributed by atoms with Crippen molar-refractivity contribution in [2.45, 2.75) is 6.42 Å². The van der Waals surface area contributed by atoms with E-state index in [-0.39, 0.29) is 11.3 Å². The summed E-state index contributed by atoms with van der Waals surface area (Å²) in [4.78, 5) is 32.4. The number of anilines is 1. The summed E-state index contributed by atoms with van der Waals surface area (Å²) in [6.45, 7) is 0. The van der Waals surface area contributed by atoms with Crippen LogP contribution in [0.25, 0.3) is 0 Å². The van der Waals surface area contributed by atoms with Crippen LogP contribution in [0.4, 0.5) is 5.69 Å². The molecule has 0 heterocycles. The smallest absolute Gasteiger partial charge is 0.372 e. The second kappa shape index (κ2) is 4.36. The molecule has 1 aromatic carbocycles. The lowest BCUT2D eigenvalue weighted by Crippen LogP contribution is -2.17. The summed E-state index contributed by atoms with van der Waals surface area (Å²) in [6, 6.07) is 6.20. The maximum atomic E-state index is 11.4. The van der Waals surface area contributed by atoms with Crippen molar-refractivity contribution in [1.82, 2.24) is 0 Å². The Kier molecular flexibility index (Phi) is 3.17. The SMILES string of the molecule is Nc1ccccc1C(=O)CC(=O)C(=O)O. The van der Waals surface area contributed by atoms with Crippen LogP contribution in [-0.4, -0.2) is 22.6 Å². The van der Waals surface area contributed by atoms with Gasteiger partial charge in [-0.2, -0.15) is 0 Å². The van der Waals surface area contributed by atoms with Crippen molar-refractivity contribution in [3.63, 3.8) is 0 Å². The number of ketones is 2. The van der Waals surface area contributed by atoms with Crippen LogP contribution >= 0.6 is 0 Å². The van der Waals surface area contributed by atoms with E-state index in [4.69, 9.17) is 10.8 Å². The highest BCUT2D eigenvalue weighted by atomic mass is 16.4. The van der Waals surface area contributed by atoms with E-state index in [1.165, 1.54) is 12.1 Å². The lowest BCUT2D eigenvalue weighted by molar-refractivity contribution is -0.148. The number of carboxylic acid groups (broad SMARTS) is 1. The monoisotopic (exact) mass is 207 g/mol. The Balaban J connectivity index is 2.83. The molecule has 0 aliphatic carbocycles. The molecule has 0 unspecified atom stereocenters. The van der Waals surface area contributed by atoms with Gasteiger partial charge >= 0.3 is 5.97 Å². The van der Waals surface area contributed by atoms with Gasteiger partial charge in [0.1, 0.15) is 0 Å². The Hall–Kier alpha value is -2.17. The van der Waals surface area contributed by atoms with Crippen molar-refractivity contribution in [2.24, 2.45) is 0 Å². The molecule has 0 aliphatic rings. The highest BCUT2D eigenvalue weighted by Gasteiger charge is 2.18. The van der Waals surface area contributed by atoms with E-state index in [0.717, 1.165) is 0 Å². The van der Waals surface area contributed by atoms with Crippen LogP contribution in [0.15, 0.2) is 24.3 Å². The molecule has 0 aliphatic heterocycles. The lowest BCUT2D eigenvalue weighted by Gasteiger charge is -2.01. The number of nitrogens with two attached hydrogens (primary N) is 1. The third kappa shape index (κ3) is 2.63. The third-order valence-electron chi connectivity index (χ3n) is 1.82. The zero-order chi connectivity index (χ0) is 11.4. The minimum Gasteiger partial charge on any atom is -0.475 e. The minimum atomic E-state index is -1.61. The molecule has 0 radical (unpaired) electrons. The molecule has 0 amide bonds. The number of carbonyl (C=O) groups excluding carboxylic acids is 2. The number of Topliss-reactive ketones (excluding diaryl/α,β-unsaturated/α-hetero) is 2. The molecule has 1 rings (SSSR count). The first-order valence-electron chi connectivity index (χ1n) is 4.16. The number of aliphatic carboxylic acids is 1. The van der Waals surface area contributed by atoms with Gasteiger partial charge in [-0.1, -0.05) is 12.1 Å². The molecule has 0 saturated heterocycles. The van der Waals surface area contributed by atoms with Gasteiger partial charge < -0.3 is 10.8 Å². The maximum Gasteiger partial charge on any atom is 0.372 e. The molecular weight excluding hydrogens is 198 g/mol. The van der Waals surface area contributed by atoms with Crippen molar-refractivity contribution in [2.75, 3.05) is 5.73 Å². The molecule has 0 bridgehead atoms. The van der Waals surface area contributed by atoms with E-state index in [1.807, 2.05) is 0 Å². The van der Waals surface area contributed by atoms with Crippen molar-refractivity contribution in [3.8, 4) is 0 Å². The van der Waals surface area contributed by atoms with Crippen LogP contribution in [0.1, 0.15) is 16.8 Å². The quantitative estimate of drug-likeness (QED) is 0.324. The fraction of sp³-hybridized carbons (Fsp3) is 0.100. The molecule has 15 heavy (non-hydrogen) atoms. The Labute approximate surface area is 85.5 Å². The van der Waals surface area contributed by atoms with Gasteiger partial charge in [0.2, 0.25) is 5.78 Å². The van der Waals surface area contributed by atoms with E-state index < -0.39 is 24.0 Å². The predicted octanol–water partition coefficient (Wildman–Crippen LogP) is 0.495. The van der Waals surface area contributed by atoms with Crippen molar-refractivity contribution in [3.05, 3.63) is 29.8 Å². The van der Waals surface area contributed by atoms with E-state index >= 15 is 0 Å².